The fourth-order valence-corrected chi connectivity index (χ4v) is 4.14. The first-order chi connectivity index (χ1) is 15.8. The highest BCUT2D eigenvalue weighted by atomic mass is 16.3. The molecule has 6 aromatic rings. The van der Waals surface area contributed by atoms with Crippen LogP contribution in [-0.2, 0) is 0 Å². The van der Waals surface area contributed by atoms with Crippen molar-refractivity contribution in [3.05, 3.63) is 109 Å². The second-order valence-electron chi connectivity index (χ2n) is 7.71. The number of amides is 1. The molecule has 0 fully saturated rings. The van der Waals surface area contributed by atoms with Crippen LogP contribution in [-0.4, -0.2) is 10.9 Å². The average Bonchev–Trinajstić information content (AvgIpc) is 3.29. The smallest absolute Gasteiger partial charge is 0.256 e. The van der Waals surface area contributed by atoms with Crippen molar-refractivity contribution >= 4 is 44.2 Å². The number of hydrogen-bond acceptors (Lipinski definition) is 3. The van der Waals surface area contributed by atoms with Gasteiger partial charge in [-0.15, -0.1) is 0 Å². The standard InChI is InChI=1S/C28H18N2O2/c31-27(24-14-6-9-18-7-1-3-12-22(18)24)29-21-11-5-10-20(17-21)28-30-26-23-13-4-2-8-19(23)15-16-25(26)32-28/h1-17H,(H,29,31). The summed E-state index contributed by atoms with van der Waals surface area (Å²) in [6, 6.07) is 33.3. The molecule has 1 N–H and O–H groups in total. The van der Waals surface area contributed by atoms with Crippen LogP contribution in [0.4, 0.5) is 5.69 Å². The van der Waals surface area contributed by atoms with Gasteiger partial charge in [0.2, 0.25) is 5.89 Å². The molecular formula is C28H18N2O2. The lowest BCUT2D eigenvalue weighted by molar-refractivity contribution is 0.102. The van der Waals surface area contributed by atoms with E-state index in [1.807, 2.05) is 97.1 Å². The van der Waals surface area contributed by atoms with Gasteiger partial charge in [0.1, 0.15) is 5.52 Å². The minimum absolute atomic E-state index is 0.150. The highest BCUT2D eigenvalue weighted by Gasteiger charge is 2.13. The second-order valence-corrected chi connectivity index (χ2v) is 7.71. The molecule has 5 aromatic carbocycles. The number of fused-ring (bicyclic) bond motifs is 4. The Kier molecular flexibility index (Phi) is 4.22. The van der Waals surface area contributed by atoms with E-state index in [1.165, 1.54) is 0 Å². The summed E-state index contributed by atoms with van der Waals surface area (Å²) < 4.78 is 6.04. The van der Waals surface area contributed by atoms with Gasteiger partial charge in [0.25, 0.3) is 5.91 Å². The highest BCUT2D eigenvalue weighted by molar-refractivity contribution is 6.13. The van der Waals surface area contributed by atoms with E-state index in [0.717, 1.165) is 38.2 Å². The van der Waals surface area contributed by atoms with Crippen molar-refractivity contribution in [1.29, 1.82) is 0 Å². The number of benzene rings is 5. The van der Waals surface area contributed by atoms with Crippen LogP contribution in [0.1, 0.15) is 10.4 Å². The molecule has 0 aliphatic heterocycles. The predicted molar refractivity (Wildman–Crippen MR) is 129 cm³/mol. The topological polar surface area (TPSA) is 55.1 Å². The number of rotatable bonds is 3. The molecule has 1 amide bonds. The Hall–Kier alpha value is -4.44. The van der Waals surface area contributed by atoms with E-state index in [0.29, 0.717) is 17.1 Å². The van der Waals surface area contributed by atoms with E-state index < -0.39 is 0 Å². The number of aromatic nitrogens is 1. The quantitative estimate of drug-likeness (QED) is 0.337. The van der Waals surface area contributed by atoms with Crippen LogP contribution in [0.5, 0.6) is 0 Å². The van der Waals surface area contributed by atoms with Crippen LogP contribution in [0.25, 0.3) is 44.1 Å². The number of carbonyl (C=O) groups excluding carboxylic acids is 1. The summed E-state index contributed by atoms with van der Waals surface area (Å²) in [4.78, 5) is 17.8. The summed E-state index contributed by atoms with van der Waals surface area (Å²) >= 11 is 0. The molecule has 0 bridgehead atoms. The Morgan fingerprint density at radius 1 is 0.719 bits per heavy atom. The van der Waals surface area contributed by atoms with Gasteiger partial charge in [-0.1, -0.05) is 72.8 Å². The van der Waals surface area contributed by atoms with Crippen LogP contribution in [0, 0.1) is 0 Å². The van der Waals surface area contributed by atoms with Gasteiger partial charge < -0.3 is 9.73 Å². The molecule has 0 spiro atoms. The largest absolute Gasteiger partial charge is 0.436 e. The molecule has 4 heteroatoms. The van der Waals surface area contributed by atoms with Crippen LogP contribution >= 0.6 is 0 Å². The molecule has 1 aromatic heterocycles. The first-order valence-corrected chi connectivity index (χ1v) is 10.4. The van der Waals surface area contributed by atoms with Gasteiger partial charge in [-0.05, 0) is 46.5 Å². The van der Waals surface area contributed by atoms with E-state index in [-0.39, 0.29) is 5.91 Å². The predicted octanol–water partition coefficient (Wildman–Crippen LogP) is 7.05. The van der Waals surface area contributed by atoms with Gasteiger partial charge in [-0.25, -0.2) is 4.98 Å². The third-order valence-electron chi connectivity index (χ3n) is 5.69. The molecular weight excluding hydrogens is 396 g/mol. The zero-order valence-corrected chi connectivity index (χ0v) is 17.1. The van der Waals surface area contributed by atoms with Crippen molar-refractivity contribution in [1.82, 2.24) is 4.98 Å². The summed E-state index contributed by atoms with van der Waals surface area (Å²) in [6.07, 6.45) is 0. The Bertz CT molecular complexity index is 1630. The Balaban J connectivity index is 1.36. The maximum absolute atomic E-state index is 13.0. The Morgan fingerprint density at radius 2 is 1.44 bits per heavy atom. The van der Waals surface area contributed by atoms with Gasteiger partial charge in [0, 0.05) is 22.2 Å². The summed E-state index contributed by atoms with van der Waals surface area (Å²) in [7, 11) is 0. The van der Waals surface area contributed by atoms with Crippen LogP contribution in [0.2, 0.25) is 0 Å². The molecule has 152 valence electrons. The van der Waals surface area contributed by atoms with Crippen molar-refractivity contribution in [3.8, 4) is 11.5 Å². The molecule has 0 radical (unpaired) electrons. The lowest BCUT2D eigenvalue weighted by atomic mass is 10.0. The van der Waals surface area contributed by atoms with Gasteiger partial charge in [0.15, 0.2) is 5.58 Å². The zero-order chi connectivity index (χ0) is 21.5. The molecule has 0 atom stereocenters. The van der Waals surface area contributed by atoms with E-state index in [2.05, 4.69) is 11.4 Å². The van der Waals surface area contributed by atoms with Crippen molar-refractivity contribution in [2.24, 2.45) is 0 Å². The fraction of sp³-hybridized carbons (Fsp3) is 0. The van der Waals surface area contributed by atoms with Crippen LogP contribution in [0.15, 0.2) is 108 Å². The summed E-state index contributed by atoms with van der Waals surface area (Å²) in [6.45, 7) is 0. The molecule has 0 unspecified atom stereocenters. The number of hydrogen-bond donors (Lipinski definition) is 1. The minimum Gasteiger partial charge on any atom is -0.436 e. The molecule has 1 heterocycles. The first kappa shape index (κ1) is 18.3. The maximum atomic E-state index is 13.0. The fourth-order valence-electron chi connectivity index (χ4n) is 4.14. The zero-order valence-electron chi connectivity index (χ0n) is 17.1. The molecule has 4 nitrogen and oxygen atoms in total. The number of carbonyl (C=O) groups is 1. The van der Waals surface area contributed by atoms with E-state index in [9.17, 15) is 4.79 Å². The van der Waals surface area contributed by atoms with E-state index >= 15 is 0 Å². The normalized spacial score (nSPS) is 11.2. The van der Waals surface area contributed by atoms with Gasteiger partial charge in [0.05, 0.1) is 0 Å². The SMILES string of the molecule is O=C(Nc1cccc(-c2nc3c(ccc4ccccc43)o2)c1)c1cccc2ccccc12. The van der Waals surface area contributed by atoms with Crippen LogP contribution in [0.3, 0.4) is 0 Å². The molecule has 32 heavy (non-hydrogen) atoms. The molecule has 0 saturated heterocycles. The van der Waals surface area contributed by atoms with Gasteiger partial charge in [-0.3, -0.25) is 4.79 Å². The summed E-state index contributed by atoms with van der Waals surface area (Å²) in [5.41, 5.74) is 3.71. The lowest BCUT2D eigenvalue weighted by Crippen LogP contribution is -2.12. The Labute approximate surface area is 184 Å². The highest BCUT2D eigenvalue weighted by Crippen LogP contribution is 2.31. The average molecular weight is 414 g/mol. The molecule has 6 rings (SSSR count). The second kappa shape index (κ2) is 7.36. The van der Waals surface area contributed by atoms with Crippen LogP contribution < -0.4 is 5.32 Å². The summed E-state index contributed by atoms with van der Waals surface area (Å²) in [5.74, 6) is 0.375. The number of nitrogens with zero attached hydrogens (tertiary/aromatic N) is 1. The molecule has 0 saturated carbocycles. The van der Waals surface area contributed by atoms with E-state index in [4.69, 9.17) is 9.40 Å². The maximum Gasteiger partial charge on any atom is 0.256 e. The Morgan fingerprint density at radius 3 is 2.31 bits per heavy atom. The lowest BCUT2D eigenvalue weighted by Gasteiger charge is -2.09. The number of anilines is 1. The number of oxazole rings is 1. The minimum atomic E-state index is -0.150. The van der Waals surface area contributed by atoms with Crippen molar-refractivity contribution in [2.75, 3.05) is 5.32 Å². The monoisotopic (exact) mass is 414 g/mol. The van der Waals surface area contributed by atoms with Crippen molar-refractivity contribution in [3.63, 3.8) is 0 Å². The van der Waals surface area contributed by atoms with Crippen molar-refractivity contribution in [2.45, 2.75) is 0 Å². The van der Waals surface area contributed by atoms with Crippen molar-refractivity contribution < 1.29 is 9.21 Å². The first-order valence-electron chi connectivity index (χ1n) is 10.4. The third kappa shape index (κ3) is 3.10. The number of nitrogens with one attached hydrogen (secondary N) is 1. The third-order valence-corrected chi connectivity index (χ3v) is 5.69. The van der Waals surface area contributed by atoms with Gasteiger partial charge >= 0.3 is 0 Å². The van der Waals surface area contributed by atoms with E-state index in [1.54, 1.807) is 0 Å². The summed E-state index contributed by atoms with van der Waals surface area (Å²) in [5, 5.41) is 7.15. The molecule has 0 aliphatic carbocycles. The van der Waals surface area contributed by atoms with Gasteiger partial charge in [-0.2, -0.15) is 0 Å². The molecule has 0 aliphatic rings.